The molecule has 0 heterocycles. The first-order valence-electron chi connectivity index (χ1n) is 8.44. The average molecular weight is 291 g/mol. The fourth-order valence-corrected chi connectivity index (χ4v) is 3.60. The molecular formula is C19H30FN. The van der Waals surface area contributed by atoms with Crippen molar-refractivity contribution in [2.45, 2.75) is 71.9 Å². The standard InChI is InChI=1S/C19H30FN/c1-5-19(3,4)15-10-12-16(13-11-15)21-14(2)17-8-6-7-9-18(17)20/h6-9,14-16,21H,5,10-13H2,1-4H3. The lowest BCUT2D eigenvalue weighted by molar-refractivity contribution is 0.134. The fourth-order valence-electron chi connectivity index (χ4n) is 3.60. The van der Waals surface area contributed by atoms with Gasteiger partial charge in [-0.05, 0) is 50.0 Å². The molecule has 2 heteroatoms. The molecule has 1 aliphatic carbocycles. The molecule has 21 heavy (non-hydrogen) atoms. The molecular weight excluding hydrogens is 261 g/mol. The first-order valence-corrected chi connectivity index (χ1v) is 8.44. The highest BCUT2D eigenvalue weighted by Gasteiger charge is 2.32. The monoisotopic (exact) mass is 291 g/mol. The Morgan fingerprint density at radius 3 is 2.38 bits per heavy atom. The van der Waals surface area contributed by atoms with Crippen LogP contribution in [0.25, 0.3) is 0 Å². The summed E-state index contributed by atoms with van der Waals surface area (Å²) in [6.45, 7) is 9.16. The van der Waals surface area contributed by atoms with Gasteiger partial charge in [0.15, 0.2) is 0 Å². The van der Waals surface area contributed by atoms with E-state index in [1.54, 1.807) is 12.1 Å². The highest BCUT2D eigenvalue weighted by Crippen LogP contribution is 2.40. The van der Waals surface area contributed by atoms with Gasteiger partial charge in [0.05, 0.1) is 0 Å². The first kappa shape index (κ1) is 16.5. The van der Waals surface area contributed by atoms with Crippen LogP contribution in [-0.4, -0.2) is 6.04 Å². The van der Waals surface area contributed by atoms with E-state index in [1.807, 2.05) is 12.1 Å². The third kappa shape index (κ3) is 4.06. The smallest absolute Gasteiger partial charge is 0.127 e. The predicted octanol–water partition coefficient (Wildman–Crippen LogP) is 5.47. The Kier molecular flexibility index (Phi) is 5.43. The molecule has 1 aliphatic rings. The third-order valence-electron chi connectivity index (χ3n) is 5.60. The van der Waals surface area contributed by atoms with E-state index in [9.17, 15) is 4.39 Å². The Labute approximate surface area is 129 Å². The maximum absolute atomic E-state index is 13.8. The van der Waals surface area contributed by atoms with E-state index in [4.69, 9.17) is 0 Å². The summed E-state index contributed by atoms with van der Waals surface area (Å²) in [4.78, 5) is 0. The molecule has 1 atom stereocenters. The lowest BCUT2D eigenvalue weighted by atomic mass is 9.69. The van der Waals surface area contributed by atoms with Crippen LogP contribution in [-0.2, 0) is 0 Å². The van der Waals surface area contributed by atoms with E-state index in [0.717, 1.165) is 11.5 Å². The van der Waals surface area contributed by atoms with E-state index in [0.29, 0.717) is 11.5 Å². The SMILES string of the molecule is CCC(C)(C)C1CCC(NC(C)c2ccccc2F)CC1. The summed E-state index contributed by atoms with van der Waals surface area (Å²) in [5.74, 6) is 0.739. The summed E-state index contributed by atoms with van der Waals surface area (Å²) < 4.78 is 13.8. The van der Waals surface area contributed by atoms with Gasteiger partial charge in [0, 0.05) is 17.6 Å². The molecule has 0 radical (unpaired) electrons. The minimum Gasteiger partial charge on any atom is -0.307 e. The van der Waals surface area contributed by atoms with Gasteiger partial charge in [0.25, 0.3) is 0 Å². The quantitative estimate of drug-likeness (QED) is 0.758. The van der Waals surface area contributed by atoms with Gasteiger partial charge in [-0.15, -0.1) is 0 Å². The predicted molar refractivity (Wildman–Crippen MR) is 87.8 cm³/mol. The number of halogens is 1. The number of hydrogen-bond donors (Lipinski definition) is 1. The maximum atomic E-state index is 13.8. The molecule has 1 nitrogen and oxygen atoms in total. The normalized spacial score (nSPS) is 24.8. The van der Waals surface area contributed by atoms with Crippen molar-refractivity contribution in [1.29, 1.82) is 0 Å². The van der Waals surface area contributed by atoms with Gasteiger partial charge < -0.3 is 5.32 Å². The Balaban J connectivity index is 1.88. The Morgan fingerprint density at radius 2 is 1.81 bits per heavy atom. The molecule has 1 fully saturated rings. The van der Waals surface area contributed by atoms with Crippen LogP contribution in [0.5, 0.6) is 0 Å². The maximum Gasteiger partial charge on any atom is 0.127 e. The minimum absolute atomic E-state index is 0.0898. The van der Waals surface area contributed by atoms with E-state index >= 15 is 0 Å². The van der Waals surface area contributed by atoms with Gasteiger partial charge >= 0.3 is 0 Å². The van der Waals surface area contributed by atoms with Crippen LogP contribution in [0.2, 0.25) is 0 Å². The topological polar surface area (TPSA) is 12.0 Å². The van der Waals surface area contributed by atoms with Crippen molar-refractivity contribution in [2.24, 2.45) is 11.3 Å². The molecule has 0 bridgehead atoms. The molecule has 118 valence electrons. The van der Waals surface area contributed by atoms with Gasteiger partial charge in [-0.3, -0.25) is 0 Å². The summed E-state index contributed by atoms with van der Waals surface area (Å²) in [5.41, 5.74) is 1.25. The van der Waals surface area contributed by atoms with Gasteiger partial charge in [-0.25, -0.2) is 4.39 Å². The van der Waals surface area contributed by atoms with Crippen LogP contribution < -0.4 is 5.32 Å². The number of hydrogen-bond acceptors (Lipinski definition) is 1. The molecule has 2 rings (SSSR count). The Hall–Kier alpha value is -0.890. The molecule has 0 aliphatic heterocycles. The van der Waals surface area contributed by atoms with Crippen molar-refractivity contribution in [3.63, 3.8) is 0 Å². The van der Waals surface area contributed by atoms with Crippen molar-refractivity contribution in [3.8, 4) is 0 Å². The average Bonchev–Trinajstić information content (AvgIpc) is 2.48. The van der Waals surface area contributed by atoms with E-state index in [2.05, 4.69) is 33.0 Å². The largest absolute Gasteiger partial charge is 0.307 e. The Bertz CT molecular complexity index is 447. The molecule has 1 saturated carbocycles. The summed E-state index contributed by atoms with van der Waals surface area (Å²) in [5, 5.41) is 3.63. The molecule has 0 spiro atoms. The second kappa shape index (κ2) is 6.91. The van der Waals surface area contributed by atoms with E-state index in [1.165, 1.54) is 32.1 Å². The fraction of sp³-hybridized carbons (Fsp3) is 0.684. The number of benzene rings is 1. The second-order valence-corrected chi connectivity index (χ2v) is 7.30. The Morgan fingerprint density at radius 1 is 1.19 bits per heavy atom. The van der Waals surface area contributed by atoms with Crippen LogP contribution in [0, 0.1) is 17.2 Å². The van der Waals surface area contributed by atoms with Gasteiger partial charge in [0.2, 0.25) is 0 Å². The van der Waals surface area contributed by atoms with Crippen LogP contribution in [0.1, 0.15) is 71.4 Å². The number of rotatable bonds is 5. The zero-order valence-electron chi connectivity index (χ0n) is 14.0. The van der Waals surface area contributed by atoms with Gasteiger partial charge in [-0.2, -0.15) is 0 Å². The van der Waals surface area contributed by atoms with Crippen LogP contribution in [0.15, 0.2) is 24.3 Å². The van der Waals surface area contributed by atoms with Crippen molar-refractivity contribution in [3.05, 3.63) is 35.6 Å². The lowest BCUT2D eigenvalue weighted by Gasteiger charge is -2.39. The van der Waals surface area contributed by atoms with Crippen LogP contribution >= 0.6 is 0 Å². The molecule has 0 saturated heterocycles. The molecule has 1 unspecified atom stereocenters. The first-order chi connectivity index (χ1) is 9.94. The van der Waals surface area contributed by atoms with Crippen LogP contribution in [0.4, 0.5) is 4.39 Å². The van der Waals surface area contributed by atoms with E-state index < -0.39 is 0 Å². The third-order valence-corrected chi connectivity index (χ3v) is 5.60. The van der Waals surface area contributed by atoms with Crippen molar-refractivity contribution in [1.82, 2.24) is 5.32 Å². The van der Waals surface area contributed by atoms with Crippen molar-refractivity contribution >= 4 is 0 Å². The minimum atomic E-state index is -0.0988. The molecule has 1 aromatic rings. The van der Waals surface area contributed by atoms with Gasteiger partial charge in [-0.1, -0.05) is 45.4 Å². The number of nitrogens with one attached hydrogen (secondary N) is 1. The lowest BCUT2D eigenvalue weighted by Crippen LogP contribution is -2.38. The summed E-state index contributed by atoms with van der Waals surface area (Å²) in [7, 11) is 0. The molecule has 1 aromatic carbocycles. The molecule has 0 aromatic heterocycles. The highest BCUT2D eigenvalue weighted by molar-refractivity contribution is 5.20. The zero-order valence-corrected chi connectivity index (χ0v) is 14.0. The van der Waals surface area contributed by atoms with Crippen molar-refractivity contribution in [2.75, 3.05) is 0 Å². The molecule has 1 N–H and O–H groups in total. The summed E-state index contributed by atoms with van der Waals surface area (Å²) >= 11 is 0. The van der Waals surface area contributed by atoms with Gasteiger partial charge in [0.1, 0.15) is 5.82 Å². The molecule has 0 amide bonds. The highest BCUT2D eigenvalue weighted by atomic mass is 19.1. The van der Waals surface area contributed by atoms with Crippen LogP contribution in [0.3, 0.4) is 0 Å². The summed E-state index contributed by atoms with van der Waals surface area (Å²) in [6.07, 6.45) is 6.27. The second-order valence-electron chi connectivity index (χ2n) is 7.30. The summed E-state index contributed by atoms with van der Waals surface area (Å²) in [6, 6.07) is 7.73. The van der Waals surface area contributed by atoms with E-state index in [-0.39, 0.29) is 11.9 Å². The van der Waals surface area contributed by atoms with Crippen molar-refractivity contribution < 1.29 is 4.39 Å². The zero-order chi connectivity index (χ0) is 15.5.